The maximum Gasteiger partial charge on any atom is 0.185 e. The third kappa shape index (κ3) is 3.19. The Kier molecular flexibility index (Phi) is 4.80. The third-order valence-electron chi connectivity index (χ3n) is 3.40. The fraction of sp³-hybridized carbons (Fsp3) is 0.769. The summed E-state index contributed by atoms with van der Waals surface area (Å²) in [5.74, 6) is 0. The van der Waals surface area contributed by atoms with Crippen molar-refractivity contribution in [1.82, 2.24) is 10.3 Å². The zero-order valence-corrected chi connectivity index (χ0v) is 11.7. The number of nitrogens with zero attached hydrogens (tertiary/aromatic N) is 2. The van der Waals surface area contributed by atoms with Crippen molar-refractivity contribution in [3.05, 3.63) is 11.1 Å². The molecular formula is C13H23N3S. The quantitative estimate of drug-likeness (QED) is 0.874. The van der Waals surface area contributed by atoms with Gasteiger partial charge in [-0.05, 0) is 32.2 Å². The van der Waals surface area contributed by atoms with Gasteiger partial charge in [-0.3, -0.25) is 0 Å². The van der Waals surface area contributed by atoms with E-state index in [-0.39, 0.29) is 0 Å². The molecule has 2 rings (SSSR count). The summed E-state index contributed by atoms with van der Waals surface area (Å²) in [5.41, 5.74) is 1.23. The Morgan fingerprint density at radius 3 is 3.06 bits per heavy atom. The molecule has 0 spiro atoms. The fourth-order valence-corrected chi connectivity index (χ4v) is 3.37. The number of thiazole rings is 1. The number of likely N-dealkylation sites (N-methyl/N-ethyl adjacent to an activating group) is 1. The van der Waals surface area contributed by atoms with Gasteiger partial charge in [0.05, 0.1) is 5.69 Å². The van der Waals surface area contributed by atoms with Gasteiger partial charge < -0.3 is 10.2 Å². The molecule has 4 heteroatoms. The van der Waals surface area contributed by atoms with E-state index < -0.39 is 0 Å². The summed E-state index contributed by atoms with van der Waals surface area (Å²) in [4.78, 5) is 7.24. The van der Waals surface area contributed by atoms with Gasteiger partial charge in [0.25, 0.3) is 0 Å². The van der Waals surface area contributed by atoms with E-state index in [1.807, 2.05) is 0 Å². The highest BCUT2D eigenvalue weighted by molar-refractivity contribution is 7.13. The van der Waals surface area contributed by atoms with Gasteiger partial charge in [-0.2, -0.15) is 0 Å². The fourth-order valence-electron chi connectivity index (χ4n) is 2.37. The lowest BCUT2D eigenvalue weighted by molar-refractivity contribution is 0.438. The monoisotopic (exact) mass is 253 g/mol. The molecule has 1 aromatic rings. The second kappa shape index (κ2) is 6.36. The van der Waals surface area contributed by atoms with Crippen LogP contribution in [0.2, 0.25) is 0 Å². The molecule has 1 N–H and O–H groups in total. The zero-order chi connectivity index (χ0) is 12.1. The number of aromatic nitrogens is 1. The number of rotatable bonds is 5. The number of aryl methyl sites for hydroxylation is 1. The average molecular weight is 253 g/mol. The molecule has 17 heavy (non-hydrogen) atoms. The Morgan fingerprint density at radius 2 is 2.35 bits per heavy atom. The van der Waals surface area contributed by atoms with Crippen LogP contribution in [0, 0.1) is 0 Å². The standard InChI is InChI=1S/C13H23N3S/c1-3-11-10-17-13(15-11)16-8-6-5-7-12(16)9-14-4-2/h10,12,14H,3-9H2,1-2H3. The molecule has 1 unspecified atom stereocenters. The van der Waals surface area contributed by atoms with E-state index in [9.17, 15) is 0 Å². The third-order valence-corrected chi connectivity index (χ3v) is 4.33. The maximum absolute atomic E-state index is 4.73. The minimum absolute atomic E-state index is 0.638. The summed E-state index contributed by atoms with van der Waals surface area (Å²) >= 11 is 1.80. The first-order chi connectivity index (χ1) is 8.35. The van der Waals surface area contributed by atoms with Crippen LogP contribution >= 0.6 is 11.3 Å². The van der Waals surface area contributed by atoms with Gasteiger partial charge in [-0.1, -0.05) is 13.8 Å². The maximum atomic E-state index is 4.73. The molecule has 1 atom stereocenters. The Balaban J connectivity index is 2.04. The molecular weight excluding hydrogens is 230 g/mol. The Bertz CT molecular complexity index is 337. The first kappa shape index (κ1) is 12.8. The zero-order valence-electron chi connectivity index (χ0n) is 10.9. The summed E-state index contributed by atoms with van der Waals surface area (Å²) in [6, 6.07) is 0.638. The summed E-state index contributed by atoms with van der Waals surface area (Å²) in [6.07, 6.45) is 5.01. The van der Waals surface area contributed by atoms with Crippen molar-refractivity contribution in [2.24, 2.45) is 0 Å². The van der Waals surface area contributed by atoms with Crippen LogP contribution < -0.4 is 10.2 Å². The van der Waals surface area contributed by atoms with Gasteiger partial charge >= 0.3 is 0 Å². The summed E-state index contributed by atoms with van der Waals surface area (Å²) in [6.45, 7) is 7.67. The molecule has 0 amide bonds. The number of hydrogen-bond donors (Lipinski definition) is 1. The van der Waals surface area contributed by atoms with Crippen molar-refractivity contribution in [2.75, 3.05) is 24.5 Å². The molecule has 0 radical (unpaired) electrons. The van der Waals surface area contributed by atoms with Crippen LogP contribution in [0.25, 0.3) is 0 Å². The van der Waals surface area contributed by atoms with Crippen molar-refractivity contribution in [2.45, 2.75) is 45.6 Å². The highest BCUT2D eigenvalue weighted by atomic mass is 32.1. The summed E-state index contributed by atoms with van der Waals surface area (Å²) < 4.78 is 0. The van der Waals surface area contributed by atoms with E-state index in [4.69, 9.17) is 4.98 Å². The smallest absolute Gasteiger partial charge is 0.185 e. The molecule has 1 fully saturated rings. The molecule has 3 nitrogen and oxygen atoms in total. The predicted octanol–water partition coefficient (Wildman–Crippen LogP) is 2.67. The molecule has 0 bridgehead atoms. The minimum atomic E-state index is 0.638. The first-order valence-electron chi connectivity index (χ1n) is 6.77. The molecule has 0 saturated carbocycles. The van der Waals surface area contributed by atoms with E-state index in [0.29, 0.717) is 6.04 Å². The van der Waals surface area contributed by atoms with Crippen LogP contribution in [0.1, 0.15) is 38.8 Å². The lowest BCUT2D eigenvalue weighted by Gasteiger charge is -2.35. The highest BCUT2D eigenvalue weighted by Gasteiger charge is 2.24. The van der Waals surface area contributed by atoms with Crippen LogP contribution in [-0.4, -0.2) is 30.7 Å². The average Bonchev–Trinajstić information content (AvgIpc) is 2.85. The van der Waals surface area contributed by atoms with Crippen LogP contribution in [0.5, 0.6) is 0 Å². The molecule has 1 aromatic heterocycles. The molecule has 2 heterocycles. The van der Waals surface area contributed by atoms with Gasteiger partial charge in [-0.15, -0.1) is 11.3 Å². The second-order valence-electron chi connectivity index (χ2n) is 4.63. The molecule has 96 valence electrons. The Hall–Kier alpha value is -0.610. The lowest BCUT2D eigenvalue weighted by Crippen LogP contribution is -2.45. The van der Waals surface area contributed by atoms with E-state index in [1.165, 1.54) is 36.6 Å². The van der Waals surface area contributed by atoms with Gasteiger partial charge in [0.15, 0.2) is 5.13 Å². The minimum Gasteiger partial charge on any atom is -0.344 e. The van der Waals surface area contributed by atoms with Gasteiger partial charge in [0, 0.05) is 24.5 Å². The van der Waals surface area contributed by atoms with Crippen LogP contribution in [0.15, 0.2) is 5.38 Å². The summed E-state index contributed by atoms with van der Waals surface area (Å²) in [5, 5.41) is 6.90. The van der Waals surface area contributed by atoms with E-state index in [1.54, 1.807) is 11.3 Å². The van der Waals surface area contributed by atoms with Crippen LogP contribution in [0.4, 0.5) is 5.13 Å². The predicted molar refractivity (Wildman–Crippen MR) is 75.0 cm³/mol. The molecule has 0 aromatic carbocycles. The number of anilines is 1. The Morgan fingerprint density at radius 1 is 1.47 bits per heavy atom. The summed E-state index contributed by atoms with van der Waals surface area (Å²) in [7, 11) is 0. The van der Waals surface area contributed by atoms with Crippen molar-refractivity contribution in [1.29, 1.82) is 0 Å². The van der Waals surface area contributed by atoms with Gasteiger partial charge in [-0.25, -0.2) is 4.98 Å². The SMILES string of the molecule is CCNCC1CCCCN1c1nc(CC)cs1. The number of nitrogens with one attached hydrogen (secondary N) is 1. The highest BCUT2D eigenvalue weighted by Crippen LogP contribution is 2.27. The van der Waals surface area contributed by atoms with Crippen LogP contribution in [-0.2, 0) is 6.42 Å². The van der Waals surface area contributed by atoms with Crippen molar-refractivity contribution < 1.29 is 0 Å². The number of piperidine rings is 1. The van der Waals surface area contributed by atoms with Crippen molar-refractivity contribution in [3.63, 3.8) is 0 Å². The van der Waals surface area contributed by atoms with Crippen molar-refractivity contribution in [3.8, 4) is 0 Å². The van der Waals surface area contributed by atoms with Gasteiger partial charge in [0.1, 0.15) is 0 Å². The van der Waals surface area contributed by atoms with E-state index in [0.717, 1.165) is 19.5 Å². The topological polar surface area (TPSA) is 28.2 Å². The van der Waals surface area contributed by atoms with Gasteiger partial charge in [0.2, 0.25) is 0 Å². The lowest BCUT2D eigenvalue weighted by atomic mass is 10.0. The molecule has 1 saturated heterocycles. The first-order valence-corrected chi connectivity index (χ1v) is 7.64. The Labute approximate surface area is 108 Å². The van der Waals surface area contributed by atoms with E-state index >= 15 is 0 Å². The normalized spacial score (nSPS) is 20.8. The number of hydrogen-bond acceptors (Lipinski definition) is 4. The molecule has 1 aliphatic heterocycles. The molecule has 1 aliphatic rings. The second-order valence-corrected chi connectivity index (χ2v) is 5.46. The van der Waals surface area contributed by atoms with Crippen molar-refractivity contribution >= 4 is 16.5 Å². The molecule has 0 aliphatic carbocycles. The largest absolute Gasteiger partial charge is 0.344 e. The van der Waals surface area contributed by atoms with E-state index in [2.05, 4.69) is 29.4 Å². The van der Waals surface area contributed by atoms with Crippen LogP contribution in [0.3, 0.4) is 0 Å².